The maximum absolute atomic E-state index is 13.5. The highest BCUT2D eigenvalue weighted by Gasteiger charge is 2.16. The van der Waals surface area contributed by atoms with Gasteiger partial charge < -0.3 is 4.98 Å². The number of aromatic amines is 2. The molecule has 0 atom stereocenters. The van der Waals surface area contributed by atoms with E-state index in [1.165, 1.54) is 12.4 Å². The van der Waals surface area contributed by atoms with Crippen molar-refractivity contribution in [1.29, 1.82) is 0 Å². The van der Waals surface area contributed by atoms with E-state index in [1.807, 2.05) is 24.3 Å². The molecule has 2 N–H and O–H groups in total. The maximum atomic E-state index is 13.5. The fourth-order valence-electron chi connectivity index (χ4n) is 3.50. The Labute approximate surface area is 172 Å². The molecular formula is C21H12FN7S. The van der Waals surface area contributed by atoms with E-state index in [1.54, 1.807) is 24.7 Å². The van der Waals surface area contributed by atoms with Crippen molar-refractivity contribution in [3.05, 3.63) is 66.4 Å². The van der Waals surface area contributed by atoms with E-state index in [0.29, 0.717) is 5.69 Å². The molecule has 144 valence electrons. The Kier molecular flexibility index (Phi) is 3.68. The summed E-state index contributed by atoms with van der Waals surface area (Å²) in [5.41, 5.74) is 6.28. The van der Waals surface area contributed by atoms with Crippen LogP contribution in [-0.4, -0.2) is 35.1 Å². The number of halogens is 1. The first-order valence-corrected chi connectivity index (χ1v) is 9.92. The fourth-order valence-corrected chi connectivity index (χ4v) is 4.24. The van der Waals surface area contributed by atoms with E-state index in [-0.39, 0.29) is 5.13 Å². The molecule has 0 saturated carbocycles. The van der Waals surface area contributed by atoms with Crippen LogP contribution in [-0.2, 0) is 0 Å². The van der Waals surface area contributed by atoms with Gasteiger partial charge in [0.15, 0.2) is 5.13 Å². The quantitative estimate of drug-likeness (QED) is 0.433. The second-order valence-corrected chi connectivity index (χ2v) is 7.73. The first-order chi connectivity index (χ1) is 14.8. The predicted octanol–water partition coefficient (Wildman–Crippen LogP) is 4.83. The van der Waals surface area contributed by atoms with Crippen LogP contribution < -0.4 is 0 Å². The summed E-state index contributed by atoms with van der Waals surface area (Å²) in [6.45, 7) is 0. The molecule has 9 heteroatoms. The SMILES string of the molecule is Fc1ccc(-c2nccc3[nH]c(-c4n[nH]c5ccc(-c6cncnc6)nc45)cc23)s1. The van der Waals surface area contributed by atoms with E-state index in [9.17, 15) is 4.39 Å². The highest BCUT2D eigenvalue weighted by atomic mass is 32.1. The predicted molar refractivity (Wildman–Crippen MR) is 113 cm³/mol. The molecular weight excluding hydrogens is 401 g/mol. The molecule has 0 aliphatic heterocycles. The van der Waals surface area contributed by atoms with Crippen LogP contribution in [0.2, 0.25) is 0 Å². The Balaban J connectivity index is 1.52. The molecule has 0 aliphatic rings. The number of nitrogens with one attached hydrogen (secondary N) is 2. The van der Waals surface area contributed by atoms with Gasteiger partial charge in [0.05, 0.1) is 27.5 Å². The monoisotopic (exact) mass is 413 g/mol. The van der Waals surface area contributed by atoms with Crippen LogP contribution in [0.5, 0.6) is 0 Å². The van der Waals surface area contributed by atoms with Crippen LogP contribution in [0.15, 0.2) is 61.3 Å². The van der Waals surface area contributed by atoms with Gasteiger partial charge in [0.2, 0.25) is 0 Å². The van der Waals surface area contributed by atoms with Crippen molar-refractivity contribution in [2.24, 2.45) is 0 Å². The van der Waals surface area contributed by atoms with Crippen LogP contribution in [0.1, 0.15) is 0 Å². The average Bonchev–Trinajstić information content (AvgIpc) is 3.51. The van der Waals surface area contributed by atoms with E-state index in [4.69, 9.17) is 4.98 Å². The molecule has 0 amide bonds. The Morgan fingerprint density at radius 1 is 0.933 bits per heavy atom. The molecule has 0 saturated heterocycles. The van der Waals surface area contributed by atoms with Gasteiger partial charge in [0, 0.05) is 35.1 Å². The Bertz CT molecular complexity index is 1520. The highest BCUT2D eigenvalue weighted by Crippen LogP contribution is 2.35. The van der Waals surface area contributed by atoms with E-state index >= 15 is 0 Å². The van der Waals surface area contributed by atoms with Crippen LogP contribution in [0.25, 0.3) is 55.2 Å². The standard InChI is InChI=1S/C21H12FN7S/c22-18-4-3-17(30-18)19-12-7-16(26-14(12)5-6-25-19)21-20-15(28-29-21)2-1-13(27-20)11-8-23-10-24-9-11/h1-10,26H,(H,28,29). The minimum atomic E-state index is -0.237. The number of aromatic nitrogens is 7. The van der Waals surface area contributed by atoms with Gasteiger partial charge in [0.25, 0.3) is 0 Å². The van der Waals surface area contributed by atoms with Gasteiger partial charge in [-0.05, 0) is 36.4 Å². The van der Waals surface area contributed by atoms with Gasteiger partial charge in [-0.2, -0.15) is 9.49 Å². The number of H-pyrrole nitrogens is 2. The lowest BCUT2D eigenvalue weighted by Crippen LogP contribution is -1.87. The lowest BCUT2D eigenvalue weighted by Gasteiger charge is -2.00. The summed E-state index contributed by atoms with van der Waals surface area (Å²) in [5, 5.41) is 8.17. The zero-order valence-electron chi connectivity index (χ0n) is 15.3. The molecule has 30 heavy (non-hydrogen) atoms. The third kappa shape index (κ3) is 2.67. The van der Waals surface area contributed by atoms with Crippen molar-refractivity contribution in [2.45, 2.75) is 0 Å². The first kappa shape index (κ1) is 16.9. The molecule has 0 aromatic carbocycles. The van der Waals surface area contributed by atoms with Crippen molar-refractivity contribution in [3.63, 3.8) is 0 Å². The van der Waals surface area contributed by atoms with Gasteiger partial charge in [-0.3, -0.25) is 10.1 Å². The van der Waals surface area contributed by atoms with Gasteiger partial charge in [-0.1, -0.05) is 0 Å². The average molecular weight is 413 g/mol. The smallest absolute Gasteiger partial charge is 0.177 e. The fraction of sp³-hybridized carbons (Fsp3) is 0. The molecule has 6 heterocycles. The zero-order valence-corrected chi connectivity index (χ0v) is 16.1. The Morgan fingerprint density at radius 2 is 1.83 bits per heavy atom. The lowest BCUT2D eigenvalue weighted by atomic mass is 10.1. The van der Waals surface area contributed by atoms with Gasteiger partial charge in [0.1, 0.15) is 17.5 Å². The molecule has 0 unspecified atom stereocenters. The summed E-state index contributed by atoms with van der Waals surface area (Å²) in [6.07, 6.45) is 6.65. The van der Waals surface area contributed by atoms with Crippen LogP contribution in [0.3, 0.4) is 0 Å². The number of nitrogens with zero attached hydrogens (tertiary/aromatic N) is 5. The maximum Gasteiger partial charge on any atom is 0.177 e. The number of fused-ring (bicyclic) bond motifs is 2. The van der Waals surface area contributed by atoms with Crippen molar-refractivity contribution < 1.29 is 4.39 Å². The van der Waals surface area contributed by atoms with E-state index < -0.39 is 0 Å². The highest BCUT2D eigenvalue weighted by molar-refractivity contribution is 7.13. The van der Waals surface area contributed by atoms with Gasteiger partial charge in [-0.15, -0.1) is 11.3 Å². The van der Waals surface area contributed by atoms with Crippen molar-refractivity contribution in [1.82, 2.24) is 35.1 Å². The second kappa shape index (κ2) is 6.53. The summed E-state index contributed by atoms with van der Waals surface area (Å²) in [6, 6.07) is 10.9. The summed E-state index contributed by atoms with van der Waals surface area (Å²) in [5.74, 6) is 0. The molecule has 6 aromatic rings. The summed E-state index contributed by atoms with van der Waals surface area (Å²) in [4.78, 5) is 21.5. The van der Waals surface area contributed by atoms with E-state index in [2.05, 4.69) is 30.1 Å². The Hall–Kier alpha value is -3.98. The molecule has 7 nitrogen and oxygen atoms in total. The molecule has 0 radical (unpaired) electrons. The molecule has 0 spiro atoms. The van der Waals surface area contributed by atoms with Gasteiger partial charge >= 0.3 is 0 Å². The Morgan fingerprint density at radius 3 is 2.67 bits per heavy atom. The second-order valence-electron chi connectivity index (χ2n) is 6.70. The number of thiophene rings is 1. The summed E-state index contributed by atoms with van der Waals surface area (Å²) >= 11 is 1.08. The zero-order chi connectivity index (χ0) is 20.1. The van der Waals surface area contributed by atoms with Crippen molar-refractivity contribution >= 4 is 33.3 Å². The topological polar surface area (TPSA) is 96.0 Å². The number of hydrogen-bond acceptors (Lipinski definition) is 6. The minimum Gasteiger partial charge on any atom is -0.353 e. The van der Waals surface area contributed by atoms with Crippen LogP contribution in [0, 0.1) is 5.13 Å². The third-order valence-electron chi connectivity index (χ3n) is 4.87. The lowest BCUT2D eigenvalue weighted by molar-refractivity contribution is 0.657. The molecule has 6 rings (SSSR count). The summed E-state index contributed by atoms with van der Waals surface area (Å²) in [7, 11) is 0. The van der Waals surface area contributed by atoms with Crippen LogP contribution >= 0.6 is 11.3 Å². The number of pyridine rings is 2. The van der Waals surface area contributed by atoms with Crippen molar-refractivity contribution in [3.8, 4) is 33.2 Å². The molecule has 0 bridgehead atoms. The largest absolute Gasteiger partial charge is 0.353 e. The van der Waals surface area contributed by atoms with Gasteiger partial charge in [-0.25, -0.2) is 15.0 Å². The first-order valence-electron chi connectivity index (χ1n) is 9.10. The summed E-state index contributed by atoms with van der Waals surface area (Å²) < 4.78 is 13.5. The van der Waals surface area contributed by atoms with Crippen LogP contribution in [0.4, 0.5) is 4.39 Å². The minimum absolute atomic E-state index is 0.237. The third-order valence-corrected chi connectivity index (χ3v) is 5.75. The molecule has 0 aliphatic carbocycles. The number of hydrogen-bond donors (Lipinski definition) is 2. The molecule has 0 fully saturated rings. The normalized spacial score (nSPS) is 11.5. The molecule has 6 aromatic heterocycles. The van der Waals surface area contributed by atoms with E-state index in [0.717, 1.165) is 60.8 Å². The number of rotatable bonds is 3. The van der Waals surface area contributed by atoms with Crippen molar-refractivity contribution in [2.75, 3.05) is 0 Å².